The number of benzene rings is 1. The van der Waals surface area contributed by atoms with Crippen LogP contribution < -0.4 is 15.5 Å². The van der Waals surface area contributed by atoms with Gasteiger partial charge in [-0.3, -0.25) is 4.79 Å². The summed E-state index contributed by atoms with van der Waals surface area (Å²) in [7, 11) is 1.57. The number of anilines is 1. The Kier molecular flexibility index (Phi) is 6.58. The van der Waals surface area contributed by atoms with Crippen LogP contribution >= 0.6 is 0 Å². The van der Waals surface area contributed by atoms with E-state index in [-0.39, 0.29) is 23.9 Å². The Morgan fingerprint density at radius 3 is 2.44 bits per heavy atom. The number of hydrogen-bond acceptors (Lipinski definition) is 4. The molecule has 2 heterocycles. The Balaban J connectivity index is 1.80. The van der Waals surface area contributed by atoms with Crippen molar-refractivity contribution in [1.29, 1.82) is 5.26 Å². The topological polar surface area (TPSA) is 88.5 Å². The molecule has 2 aliphatic rings. The first-order valence-electron chi connectivity index (χ1n) is 10.6. The van der Waals surface area contributed by atoms with Crippen molar-refractivity contribution in [2.24, 2.45) is 11.3 Å². The molecule has 0 aromatic heterocycles. The highest BCUT2D eigenvalue weighted by molar-refractivity contribution is 5.82. The number of halogens is 3. The Labute approximate surface area is 185 Å². The highest BCUT2D eigenvalue weighted by Crippen LogP contribution is 2.46. The van der Waals surface area contributed by atoms with E-state index >= 15 is 0 Å². The molecule has 7 nitrogen and oxygen atoms in total. The second kappa shape index (κ2) is 8.88. The molecule has 10 heteroatoms. The van der Waals surface area contributed by atoms with E-state index < -0.39 is 22.7 Å². The number of amides is 3. The number of carbonyl (C=O) groups is 2. The monoisotopic (exact) mass is 451 g/mol. The maximum absolute atomic E-state index is 13.4. The fourth-order valence-corrected chi connectivity index (χ4v) is 4.77. The van der Waals surface area contributed by atoms with Gasteiger partial charge in [0.25, 0.3) is 0 Å². The van der Waals surface area contributed by atoms with Gasteiger partial charge in [-0.25, -0.2) is 4.79 Å². The summed E-state index contributed by atoms with van der Waals surface area (Å²) in [5, 5.41) is 14.6. The lowest BCUT2D eigenvalue weighted by atomic mass is 9.70. The molecule has 2 N–H and O–H groups in total. The summed E-state index contributed by atoms with van der Waals surface area (Å²) in [6.45, 7) is 5.38. The molecule has 174 valence electrons. The van der Waals surface area contributed by atoms with Gasteiger partial charge in [-0.15, -0.1) is 0 Å². The summed E-state index contributed by atoms with van der Waals surface area (Å²) in [6, 6.07) is 5.10. The van der Waals surface area contributed by atoms with Crippen molar-refractivity contribution in [3.8, 4) is 6.07 Å². The largest absolute Gasteiger partial charge is 0.417 e. The van der Waals surface area contributed by atoms with Crippen LogP contribution in [0.25, 0.3) is 0 Å². The third-order valence-corrected chi connectivity index (χ3v) is 6.46. The van der Waals surface area contributed by atoms with Gasteiger partial charge in [0.2, 0.25) is 5.91 Å². The van der Waals surface area contributed by atoms with E-state index in [9.17, 15) is 22.8 Å². The summed E-state index contributed by atoms with van der Waals surface area (Å²) >= 11 is 0. The molecule has 2 fully saturated rings. The molecule has 1 atom stereocenters. The first kappa shape index (κ1) is 23.7. The fraction of sp³-hybridized carbons (Fsp3) is 0.591. The predicted octanol–water partition coefficient (Wildman–Crippen LogP) is 2.96. The minimum Gasteiger partial charge on any atom is -0.371 e. The minimum absolute atomic E-state index is 0.0291. The Bertz CT molecular complexity index is 917. The van der Waals surface area contributed by atoms with E-state index in [2.05, 4.69) is 10.6 Å². The molecule has 0 radical (unpaired) electrons. The molecule has 3 amide bonds. The molecule has 0 saturated carbocycles. The van der Waals surface area contributed by atoms with E-state index in [1.54, 1.807) is 18.0 Å². The second-order valence-electron chi connectivity index (χ2n) is 8.84. The van der Waals surface area contributed by atoms with Crippen molar-refractivity contribution in [3.05, 3.63) is 29.3 Å². The van der Waals surface area contributed by atoms with E-state index in [1.807, 2.05) is 18.7 Å². The summed E-state index contributed by atoms with van der Waals surface area (Å²) in [5.41, 5.74) is -1.38. The average Bonchev–Trinajstić information content (AvgIpc) is 3.11. The van der Waals surface area contributed by atoms with Crippen LogP contribution in [0.3, 0.4) is 0 Å². The van der Waals surface area contributed by atoms with Gasteiger partial charge in [-0.1, -0.05) is 0 Å². The quantitative estimate of drug-likeness (QED) is 0.740. The molecule has 0 aliphatic carbocycles. The van der Waals surface area contributed by atoms with Crippen LogP contribution in [0.2, 0.25) is 0 Å². The number of nitriles is 1. The maximum atomic E-state index is 13.4. The number of hydrogen-bond donors (Lipinski definition) is 2. The zero-order valence-corrected chi connectivity index (χ0v) is 18.4. The predicted molar refractivity (Wildman–Crippen MR) is 113 cm³/mol. The molecule has 3 rings (SSSR count). The van der Waals surface area contributed by atoms with Gasteiger partial charge < -0.3 is 20.4 Å². The van der Waals surface area contributed by atoms with Gasteiger partial charge in [0, 0.05) is 50.4 Å². The highest BCUT2D eigenvalue weighted by atomic mass is 19.4. The first-order chi connectivity index (χ1) is 15.0. The summed E-state index contributed by atoms with van der Waals surface area (Å²) in [5.74, 6) is -0.504. The van der Waals surface area contributed by atoms with Crippen molar-refractivity contribution >= 4 is 17.6 Å². The fourth-order valence-electron chi connectivity index (χ4n) is 4.77. The zero-order chi connectivity index (χ0) is 23.7. The smallest absolute Gasteiger partial charge is 0.371 e. The Hall–Kier alpha value is -2.96. The minimum atomic E-state index is -4.61. The van der Waals surface area contributed by atoms with Gasteiger partial charge in [0.15, 0.2) is 0 Å². The maximum Gasteiger partial charge on any atom is 0.417 e. The molecular formula is C22H28F3N5O2. The van der Waals surface area contributed by atoms with Gasteiger partial charge in [-0.05, 0) is 44.9 Å². The molecule has 0 bridgehead atoms. The number of carbonyl (C=O) groups excluding carboxylic acids is 2. The third-order valence-electron chi connectivity index (χ3n) is 6.46. The summed E-state index contributed by atoms with van der Waals surface area (Å²) in [4.78, 5) is 28.7. The first-order valence-corrected chi connectivity index (χ1v) is 10.6. The molecule has 2 saturated heterocycles. The lowest BCUT2D eigenvalue weighted by molar-refractivity contribution is -0.137. The SMILES string of the molecule is CNC(=O)C1CN(C(=O)NC(C)C)CC12CCN(c1ccc(C#N)c(C(F)(F)F)c1)CC2. The zero-order valence-electron chi connectivity index (χ0n) is 18.4. The van der Waals surface area contributed by atoms with Crippen LogP contribution in [0, 0.1) is 22.7 Å². The van der Waals surface area contributed by atoms with Gasteiger partial charge >= 0.3 is 12.2 Å². The summed E-state index contributed by atoms with van der Waals surface area (Å²) in [6.07, 6.45) is -3.48. The number of nitrogens with one attached hydrogen (secondary N) is 2. The third kappa shape index (κ3) is 4.61. The van der Waals surface area contributed by atoms with E-state index in [4.69, 9.17) is 5.26 Å². The van der Waals surface area contributed by atoms with Crippen LogP contribution in [0.1, 0.15) is 37.8 Å². The number of nitrogens with zero attached hydrogens (tertiary/aromatic N) is 3. The van der Waals surface area contributed by atoms with Crippen LogP contribution in [-0.4, -0.2) is 56.1 Å². The van der Waals surface area contributed by atoms with Gasteiger partial charge in [-0.2, -0.15) is 18.4 Å². The lowest BCUT2D eigenvalue weighted by Crippen LogP contribution is -2.48. The van der Waals surface area contributed by atoms with Crippen molar-refractivity contribution in [3.63, 3.8) is 0 Å². The standard InChI is InChI=1S/C22H28F3N5O2/c1-14(2)28-20(32)30-12-18(19(31)27-3)21(13-30)6-8-29(9-7-21)16-5-4-15(11-26)17(10-16)22(23,24)25/h4-5,10,14,18H,6-9,12-13H2,1-3H3,(H,27,31)(H,28,32). The number of urea groups is 1. The molecule has 2 aliphatic heterocycles. The Morgan fingerprint density at radius 1 is 1.25 bits per heavy atom. The number of piperidine rings is 1. The normalized spacial score (nSPS) is 20.4. The van der Waals surface area contributed by atoms with Gasteiger partial charge in [0.1, 0.15) is 0 Å². The Morgan fingerprint density at radius 2 is 1.91 bits per heavy atom. The molecule has 1 aromatic rings. The van der Waals surface area contributed by atoms with Crippen molar-refractivity contribution in [2.45, 2.75) is 38.9 Å². The summed E-state index contributed by atoms with van der Waals surface area (Å²) < 4.78 is 40.1. The number of rotatable bonds is 3. The second-order valence-corrected chi connectivity index (χ2v) is 8.84. The van der Waals surface area contributed by atoms with E-state index in [1.165, 1.54) is 12.1 Å². The molecular weight excluding hydrogens is 423 g/mol. The van der Waals surface area contributed by atoms with Crippen LogP contribution in [0.5, 0.6) is 0 Å². The van der Waals surface area contributed by atoms with E-state index in [0.29, 0.717) is 44.7 Å². The molecule has 1 unspecified atom stereocenters. The average molecular weight is 451 g/mol. The van der Waals surface area contributed by atoms with Crippen LogP contribution in [-0.2, 0) is 11.0 Å². The number of alkyl halides is 3. The number of likely N-dealkylation sites (tertiary alicyclic amines) is 1. The van der Waals surface area contributed by atoms with Gasteiger partial charge in [0.05, 0.1) is 23.1 Å². The van der Waals surface area contributed by atoms with Crippen LogP contribution in [0.15, 0.2) is 18.2 Å². The highest BCUT2D eigenvalue weighted by Gasteiger charge is 2.52. The van der Waals surface area contributed by atoms with E-state index in [0.717, 1.165) is 6.07 Å². The van der Waals surface area contributed by atoms with Crippen molar-refractivity contribution in [2.75, 3.05) is 38.1 Å². The van der Waals surface area contributed by atoms with Crippen molar-refractivity contribution in [1.82, 2.24) is 15.5 Å². The molecule has 32 heavy (non-hydrogen) atoms. The van der Waals surface area contributed by atoms with Crippen LogP contribution in [0.4, 0.5) is 23.7 Å². The lowest BCUT2D eigenvalue weighted by Gasteiger charge is -2.43. The molecule has 1 spiro atoms. The molecule has 1 aromatic carbocycles. The van der Waals surface area contributed by atoms with Crippen molar-refractivity contribution < 1.29 is 22.8 Å².